The number of methoxy groups -OCH3 is 1. The molecule has 5 nitrogen and oxygen atoms in total. The standard InChI is InChI=1S/C20H28N2O3/c1-25-20(24)18-9-7-17(8-10-18)19(23)22-13-11-21(12-14-22)15-16-5-3-2-4-6-16/h7-10,16H,2-6,11-15H2,1H3. The van der Waals surface area contributed by atoms with Crippen molar-refractivity contribution in [2.24, 2.45) is 5.92 Å². The highest BCUT2D eigenvalue weighted by molar-refractivity contribution is 5.96. The van der Waals surface area contributed by atoms with Gasteiger partial charge in [-0.15, -0.1) is 0 Å². The fraction of sp³-hybridized carbons (Fsp3) is 0.600. The molecule has 1 aliphatic heterocycles. The van der Waals surface area contributed by atoms with Crippen molar-refractivity contribution in [2.75, 3.05) is 39.8 Å². The van der Waals surface area contributed by atoms with E-state index in [1.165, 1.54) is 45.8 Å². The number of esters is 1. The molecule has 25 heavy (non-hydrogen) atoms. The Bertz CT molecular complexity index is 585. The minimum atomic E-state index is -0.379. The van der Waals surface area contributed by atoms with E-state index in [0.717, 1.165) is 32.1 Å². The van der Waals surface area contributed by atoms with Crippen molar-refractivity contribution in [3.05, 3.63) is 35.4 Å². The zero-order valence-electron chi connectivity index (χ0n) is 15.1. The molecule has 1 saturated heterocycles. The third-order valence-corrected chi connectivity index (χ3v) is 5.45. The van der Waals surface area contributed by atoms with Crippen LogP contribution in [0, 0.1) is 5.92 Å². The lowest BCUT2D eigenvalue weighted by atomic mass is 9.89. The summed E-state index contributed by atoms with van der Waals surface area (Å²) in [5, 5.41) is 0. The second-order valence-electron chi connectivity index (χ2n) is 7.17. The fourth-order valence-electron chi connectivity index (χ4n) is 3.92. The largest absolute Gasteiger partial charge is 0.465 e. The smallest absolute Gasteiger partial charge is 0.337 e. The molecule has 1 saturated carbocycles. The Hall–Kier alpha value is -1.88. The maximum atomic E-state index is 12.6. The number of ether oxygens (including phenoxy) is 1. The molecule has 0 N–H and O–H groups in total. The van der Waals surface area contributed by atoms with Crippen molar-refractivity contribution in [1.29, 1.82) is 0 Å². The first-order chi connectivity index (χ1) is 12.2. The van der Waals surface area contributed by atoms with Gasteiger partial charge in [-0.1, -0.05) is 19.3 Å². The minimum Gasteiger partial charge on any atom is -0.465 e. The normalized spacial score (nSPS) is 19.6. The predicted octanol–water partition coefficient (Wildman–Crippen LogP) is 2.81. The quantitative estimate of drug-likeness (QED) is 0.788. The fourth-order valence-corrected chi connectivity index (χ4v) is 3.92. The molecule has 0 aromatic heterocycles. The maximum Gasteiger partial charge on any atom is 0.337 e. The van der Waals surface area contributed by atoms with Crippen LogP contribution in [0.1, 0.15) is 52.8 Å². The topological polar surface area (TPSA) is 49.9 Å². The van der Waals surface area contributed by atoms with Gasteiger partial charge >= 0.3 is 5.97 Å². The van der Waals surface area contributed by atoms with Crippen LogP contribution in [0.25, 0.3) is 0 Å². The molecule has 1 amide bonds. The highest BCUT2D eigenvalue weighted by Gasteiger charge is 2.24. The van der Waals surface area contributed by atoms with E-state index in [9.17, 15) is 9.59 Å². The number of piperazine rings is 1. The molecular weight excluding hydrogens is 316 g/mol. The zero-order chi connectivity index (χ0) is 17.6. The third-order valence-electron chi connectivity index (χ3n) is 5.45. The average molecular weight is 344 g/mol. The van der Waals surface area contributed by atoms with Crippen molar-refractivity contribution in [3.63, 3.8) is 0 Å². The van der Waals surface area contributed by atoms with Gasteiger partial charge in [-0.2, -0.15) is 0 Å². The molecule has 1 aromatic carbocycles. The summed E-state index contributed by atoms with van der Waals surface area (Å²) in [4.78, 5) is 28.5. The second kappa shape index (κ2) is 8.48. The van der Waals surface area contributed by atoms with Crippen LogP contribution in [-0.2, 0) is 4.74 Å². The van der Waals surface area contributed by atoms with Gasteiger partial charge in [0, 0.05) is 38.3 Å². The van der Waals surface area contributed by atoms with E-state index in [1.54, 1.807) is 24.3 Å². The number of nitrogens with zero attached hydrogens (tertiary/aromatic N) is 2. The lowest BCUT2D eigenvalue weighted by molar-refractivity contribution is 0.0591. The average Bonchev–Trinajstić information content (AvgIpc) is 2.68. The molecule has 1 aromatic rings. The summed E-state index contributed by atoms with van der Waals surface area (Å²) in [5.74, 6) is 0.519. The Morgan fingerprint density at radius 3 is 2.16 bits per heavy atom. The van der Waals surface area contributed by atoms with Gasteiger partial charge in [-0.05, 0) is 43.0 Å². The summed E-state index contributed by atoms with van der Waals surface area (Å²) in [5.41, 5.74) is 1.10. The van der Waals surface area contributed by atoms with Gasteiger partial charge < -0.3 is 9.64 Å². The van der Waals surface area contributed by atoms with Gasteiger partial charge in [0.05, 0.1) is 12.7 Å². The van der Waals surface area contributed by atoms with Crippen LogP contribution < -0.4 is 0 Å². The number of hydrogen-bond acceptors (Lipinski definition) is 4. The van der Waals surface area contributed by atoms with Gasteiger partial charge in [-0.3, -0.25) is 9.69 Å². The van der Waals surface area contributed by atoms with Gasteiger partial charge in [0.15, 0.2) is 0 Å². The van der Waals surface area contributed by atoms with Gasteiger partial charge in [0.25, 0.3) is 5.91 Å². The van der Waals surface area contributed by atoms with Gasteiger partial charge in [0.2, 0.25) is 0 Å². The van der Waals surface area contributed by atoms with Crippen LogP contribution in [0.15, 0.2) is 24.3 Å². The van der Waals surface area contributed by atoms with E-state index in [1.807, 2.05) is 4.90 Å². The minimum absolute atomic E-state index is 0.0498. The first-order valence-corrected chi connectivity index (χ1v) is 9.37. The molecule has 136 valence electrons. The molecular formula is C20H28N2O3. The van der Waals surface area contributed by atoms with Crippen molar-refractivity contribution < 1.29 is 14.3 Å². The first kappa shape index (κ1) is 17.9. The highest BCUT2D eigenvalue weighted by atomic mass is 16.5. The monoisotopic (exact) mass is 344 g/mol. The van der Waals surface area contributed by atoms with Gasteiger partial charge in [-0.25, -0.2) is 4.79 Å². The van der Waals surface area contributed by atoms with E-state index >= 15 is 0 Å². The van der Waals surface area contributed by atoms with Crippen LogP contribution in [-0.4, -0.2) is 61.5 Å². The van der Waals surface area contributed by atoms with Gasteiger partial charge in [0.1, 0.15) is 0 Å². The van der Waals surface area contributed by atoms with Crippen molar-refractivity contribution in [3.8, 4) is 0 Å². The lowest BCUT2D eigenvalue weighted by Crippen LogP contribution is -2.49. The summed E-state index contributed by atoms with van der Waals surface area (Å²) in [7, 11) is 1.36. The van der Waals surface area contributed by atoms with E-state index in [-0.39, 0.29) is 11.9 Å². The van der Waals surface area contributed by atoms with Crippen molar-refractivity contribution in [2.45, 2.75) is 32.1 Å². The lowest BCUT2D eigenvalue weighted by Gasteiger charge is -2.37. The number of carbonyl (C=O) groups is 2. The molecule has 0 unspecified atom stereocenters. The first-order valence-electron chi connectivity index (χ1n) is 9.37. The number of hydrogen-bond donors (Lipinski definition) is 0. The number of amides is 1. The van der Waals surface area contributed by atoms with E-state index < -0.39 is 0 Å². The molecule has 0 radical (unpaired) electrons. The van der Waals surface area contributed by atoms with Crippen LogP contribution in [0.3, 0.4) is 0 Å². The second-order valence-corrected chi connectivity index (χ2v) is 7.17. The van der Waals surface area contributed by atoms with E-state index in [4.69, 9.17) is 0 Å². The van der Waals surface area contributed by atoms with Crippen molar-refractivity contribution >= 4 is 11.9 Å². The molecule has 0 spiro atoms. The van der Waals surface area contributed by atoms with Crippen LogP contribution in [0.5, 0.6) is 0 Å². The molecule has 3 rings (SSSR count). The predicted molar refractivity (Wildman–Crippen MR) is 96.7 cm³/mol. The summed E-state index contributed by atoms with van der Waals surface area (Å²) < 4.78 is 4.69. The van der Waals surface area contributed by atoms with Crippen LogP contribution in [0.4, 0.5) is 0 Å². The van der Waals surface area contributed by atoms with Crippen LogP contribution in [0.2, 0.25) is 0 Å². The summed E-state index contributed by atoms with van der Waals surface area (Å²) in [6.07, 6.45) is 6.89. The molecule has 0 atom stereocenters. The number of carbonyl (C=O) groups excluding carboxylic acids is 2. The Labute approximate surface area is 149 Å². The molecule has 0 bridgehead atoms. The Balaban J connectivity index is 1.50. The van der Waals surface area contributed by atoms with Crippen molar-refractivity contribution in [1.82, 2.24) is 9.80 Å². The Morgan fingerprint density at radius 2 is 1.56 bits per heavy atom. The zero-order valence-corrected chi connectivity index (χ0v) is 15.1. The summed E-state index contributed by atoms with van der Waals surface area (Å²) in [6.45, 7) is 4.68. The Kier molecular flexibility index (Phi) is 6.08. The van der Waals surface area contributed by atoms with E-state index in [0.29, 0.717) is 11.1 Å². The number of benzene rings is 1. The SMILES string of the molecule is COC(=O)c1ccc(C(=O)N2CCN(CC3CCCCC3)CC2)cc1. The van der Waals surface area contributed by atoms with E-state index in [2.05, 4.69) is 9.64 Å². The Morgan fingerprint density at radius 1 is 0.960 bits per heavy atom. The number of rotatable bonds is 4. The molecule has 2 fully saturated rings. The molecule has 2 aliphatic rings. The maximum absolute atomic E-state index is 12.6. The third kappa shape index (κ3) is 4.60. The molecule has 1 aliphatic carbocycles. The summed E-state index contributed by atoms with van der Waals surface area (Å²) >= 11 is 0. The molecule has 1 heterocycles. The van der Waals surface area contributed by atoms with Crippen LogP contribution >= 0.6 is 0 Å². The molecule has 5 heteroatoms. The summed E-state index contributed by atoms with van der Waals surface area (Å²) in [6, 6.07) is 6.72. The highest BCUT2D eigenvalue weighted by Crippen LogP contribution is 2.24.